The molecule has 0 aliphatic heterocycles. The highest BCUT2D eigenvalue weighted by Crippen LogP contribution is 2.19. The number of ether oxygens (including phenoxy) is 1. The monoisotopic (exact) mass is 396 g/mol. The predicted octanol–water partition coefficient (Wildman–Crippen LogP) is 4.04. The predicted molar refractivity (Wildman–Crippen MR) is 115 cm³/mol. The van der Waals surface area contributed by atoms with Crippen molar-refractivity contribution >= 4 is 23.0 Å². The van der Waals surface area contributed by atoms with Gasteiger partial charge in [-0.05, 0) is 36.6 Å². The van der Waals surface area contributed by atoms with Crippen molar-refractivity contribution in [2.45, 2.75) is 40.8 Å². The van der Waals surface area contributed by atoms with E-state index in [1.54, 1.807) is 35.0 Å². The van der Waals surface area contributed by atoms with Gasteiger partial charge in [0.25, 0.3) is 5.56 Å². The zero-order valence-corrected chi connectivity index (χ0v) is 16.5. The van der Waals surface area contributed by atoms with Gasteiger partial charge in [-0.1, -0.05) is 33.4 Å². The van der Waals surface area contributed by atoms with Gasteiger partial charge in [0, 0.05) is 24.2 Å². The zero-order valence-electron chi connectivity index (χ0n) is 16.5. The molecular weight excluding hydrogens is 368 g/mol. The lowest BCUT2D eigenvalue weighted by Crippen LogP contribution is -2.23. The van der Waals surface area contributed by atoms with Gasteiger partial charge in [-0.15, -0.1) is 0 Å². The number of carbonyl (C=O) groups is 1. The Kier molecular flexibility index (Phi) is 7.09. The highest BCUT2D eigenvalue weighted by Gasteiger charge is 2.12. The van der Waals surface area contributed by atoms with Crippen LogP contribution in [0.3, 0.4) is 0 Å². The number of benzene rings is 1. The third kappa shape index (κ3) is 4.99. The lowest BCUT2D eigenvalue weighted by molar-refractivity contribution is 0.0600. The molecule has 1 atom stereocenters. The summed E-state index contributed by atoms with van der Waals surface area (Å²) in [5.41, 5.74) is 2.02. The molecule has 29 heavy (non-hydrogen) atoms. The van der Waals surface area contributed by atoms with E-state index in [0.717, 1.165) is 10.9 Å². The number of carbonyl (C=O) groups excluding carboxylic acids is 1. The van der Waals surface area contributed by atoms with Crippen molar-refractivity contribution in [3.05, 3.63) is 64.1 Å². The number of nitrogens with one attached hydrogen (secondary N) is 1. The van der Waals surface area contributed by atoms with Crippen LogP contribution in [0.1, 0.15) is 50.2 Å². The van der Waals surface area contributed by atoms with Gasteiger partial charge in [-0.2, -0.15) is 4.98 Å². The van der Waals surface area contributed by atoms with Crippen molar-refractivity contribution in [1.82, 2.24) is 14.5 Å². The molecule has 0 radical (unpaired) electrons. The highest BCUT2D eigenvalue weighted by atomic mass is 16.5. The van der Waals surface area contributed by atoms with E-state index in [-0.39, 0.29) is 25.0 Å². The van der Waals surface area contributed by atoms with Crippen molar-refractivity contribution in [3.8, 4) is 0 Å². The van der Waals surface area contributed by atoms with Gasteiger partial charge in [-0.3, -0.25) is 9.36 Å². The Morgan fingerprint density at radius 1 is 1.14 bits per heavy atom. The first-order valence-electron chi connectivity index (χ1n) is 9.20. The second-order valence-electron chi connectivity index (χ2n) is 7.13. The first-order chi connectivity index (χ1) is 13.4. The van der Waals surface area contributed by atoms with Gasteiger partial charge >= 0.3 is 5.97 Å². The van der Waals surface area contributed by atoms with Gasteiger partial charge in [0.15, 0.2) is 0 Å². The fourth-order valence-electron chi connectivity index (χ4n) is 2.99. The first kappa shape index (κ1) is 22.1. The fourth-order valence-corrected chi connectivity index (χ4v) is 2.99. The van der Waals surface area contributed by atoms with E-state index in [0.29, 0.717) is 29.6 Å². The standard InChI is InChI=1S/C21H24N4O3.CH4/c1-13(2)12-25-18(26)10-9-17-11-22-21(24-19(17)25)23-14(3)15-5-7-16(8-6-15)20(27)28-4;/h5-11,13-14H,12H2,1-4H3,(H,22,23,24);1H4/t14-;/m0./s1. The number of methoxy groups -OCH3 is 1. The normalized spacial score (nSPS) is 11.8. The SMILES string of the molecule is C.COC(=O)c1ccc([C@H](C)Nc2ncc3ccc(=O)n(CC(C)C)c3n2)cc1. The van der Waals surface area contributed by atoms with Crippen LogP contribution in [0.4, 0.5) is 5.95 Å². The number of pyridine rings is 1. The van der Waals surface area contributed by atoms with Crippen molar-refractivity contribution in [2.24, 2.45) is 5.92 Å². The average molecular weight is 396 g/mol. The summed E-state index contributed by atoms with van der Waals surface area (Å²) in [6, 6.07) is 10.4. The van der Waals surface area contributed by atoms with Crippen LogP contribution in [0.2, 0.25) is 0 Å². The summed E-state index contributed by atoms with van der Waals surface area (Å²) < 4.78 is 6.40. The molecule has 2 heterocycles. The molecular formula is C22H28N4O3. The molecule has 0 bridgehead atoms. The second kappa shape index (κ2) is 9.32. The van der Waals surface area contributed by atoms with Crippen LogP contribution < -0.4 is 10.9 Å². The van der Waals surface area contributed by atoms with E-state index in [9.17, 15) is 9.59 Å². The molecule has 154 valence electrons. The number of rotatable bonds is 6. The highest BCUT2D eigenvalue weighted by molar-refractivity contribution is 5.89. The maximum Gasteiger partial charge on any atom is 0.337 e. The summed E-state index contributed by atoms with van der Waals surface area (Å²) in [7, 11) is 1.36. The van der Waals surface area contributed by atoms with Gasteiger partial charge in [0.1, 0.15) is 5.65 Å². The Bertz CT molecular complexity index is 1040. The number of nitrogens with zero attached hydrogens (tertiary/aromatic N) is 3. The van der Waals surface area contributed by atoms with E-state index in [4.69, 9.17) is 4.74 Å². The van der Waals surface area contributed by atoms with E-state index in [1.165, 1.54) is 7.11 Å². The maximum absolute atomic E-state index is 12.3. The molecule has 3 rings (SSSR count). The molecule has 0 spiro atoms. The largest absolute Gasteiger partial charge is 0.465 e. The summed E-state index contributed by atoms with van der Waals surface area (Å²) in [6.45, 7) is 6.70. The Balaban J connectivity index is 0.00000300. The Morgan fingerprint density at radius 2 is 1.83 bits per heavy atom. The van der Waals surface area contributed by atoms with Crippen LogP contribution in [-0.2, 0) is 11.3 Å². The summed E-state index contributed by atoms with van der Waals surface area (Å²) in [5, 5.41) is 4.08. The second-order valence-corrected chi connectivity index (χ2v) is 7.13. The zero-order chi connectivity index (χ0) is 20.3. The van der Waals surface area contributed by atoms with E-state index >= 15 is 0 Å². The summed E-state index contributed by atoms with van der Waals surface area (Å²) in [4.78, 5) is 32.8. The summed E-state index contributed by atoms with van der Waals surface area (Å²) in [6.07, 6.45) is 1.72. The number of hydrogen-bond acceptors (Lipinski definition) is 6. The van der Waals surface area contributed by atoms with E-state index in [2.05, 4.69) is 29.1 Å². The molecule has 0 saturated carbocycles. The number of hydrogen-bond donors (Lipinski definition) is 1. The molecule has 2 aromatic heterocycles. The lowest BCUT2D eigenvalue weighted by atomic mass is 10.1. The van der Waals surface area contributed by atoms with Crippen LogP contribution in [0.5, 0.6) is 0 Å². The number of fused-ring (bicyclic) bond motifs is 1. The molecule has 7 heteroatoms. The lowest BCUT2D eigenvalue weighted by Gasteiger charge is -2.16. The number of esters is 1. The van der Waals surface area contributed by atoms with Crippen LogP contribution in [0.25, 0.3) is 11.0 Å². The topological polar surface area (TPSA) is 86.1 Å². The maximum atomic E-state index is 12.3. The first-order valence-corrected chi connectivity index (χ1v) is 9.20. The summed E-state index contributed by atoms with van der Waals surface area (Å²) in [5.74, 6) is 0.398. The average Bonchev–Trinajstić information content (AvgIpc) is 2.69. The molecule has 1 N–H and O–H groups in total. The molecule has 1 aromatic carbocycles. The van der Waals surface area contributed by atoms with Crippen molar-refractivity contribution in [1.29, 1.82) is 0 Å². The van der Waals surface area contributed by atoms with E-state index in [1.807, 2.05) is 19.1 Å². The molecule has 0 fully saturated rings. The molecule has 7 nitrogen and oxygen atoms in total. The molecule has 0 aliphatic carbocycles. The Morgan fingerprint density at radius 3 is 2.45 bits per heavy atom. The van der Waals surface area contributed by atoms with Gasteiger partial charge in [0.2, 0.25) is 5.95 Å². The quantitative estimate of drug-likeness (QED) is 0.633. The van der Waals surface area contributed by atoms with Crippen LogP contribution in [-0.4, -0.2) is 27.6 Å². The third-order valence-electron chi connectivity index (χ3n) is 4.45. The van der Waals surface area contributed by atoms with Crippen molar-refractivity contribution < 1.29 is 9.53 Å². The van der Waals surface area contributed by atoms with Gasteiger partial charge in [-0.25, -0.2) is 9.78 Å². The fraction of sp³-hybridized carbons (Fsp3) is 0.364. The minimum Gasteiger partial charge on any atom is -0.465 e. The third-order valence-corrected chi connectivity index (χ3v) is 4.45. The minimum atomic E-state index is -0.367. The van der Waals surface area contributed by atoms with E-state index < -0.39 is 0 Å². The van der Waals surface area contributed by atoms with Crippen molar-refractivity contribution in [2.75, 3.05) is 12.4 Å². The Hall–Kier alpha value is -3.22. The van der Waals surface area contributed by atoms with Gasteiger partial charge in [0.05, 0.1) is 18.7 Å². The smallest absolute Gasteiger partial charge is 0.337 e. The molecule has 0 unspecified atom stereocenters. The summed E-state index contributed by atoms with van der Waals surface area (Å²) >= 11 is 0. The molecule has 0 amide bonds. The van der Waals surface area contributed by atoms with Crippen LogP contribution >= 0.6 is 0 Å². The van der Waals surface area contributed by atoms with Gasteiger partial charge < -0.3 is 10.1 Å². The number of aromatic nitrogens is 3. The minimum absolute atomic E-state index is 0. The number of anilines is 1. The van der Waals surface area contributed by atoms with Crippen LogP contribution in [0.15, 0.2) is 47.4 Å². The van der Waals surface area contributed by atoms with Crippen LogP contribution in [0, 0.1) is 5.92 Å². The molecule has 0 aliphatic rings. The van der Waals surface area contributed by atoms with Crippen molar-refractivity contribution in [3.63, 3.8) is 0 Å². The molecule has 0 saturated heterocycles. The Labute approximate surface area is 170 Å². The molecule has 3 aromatic rings.